The van der Waals surface area contributed by atoms with Crippen LogP contribution in [0.3, 0.4) is 0 Å². The molecule has 8 heteroatoms. The molecule has 8 nitrogen and oxygen atoms in total. The van der Waals surface area contributed by atoms with Crippen LogP contribution in [-0.2, 0) is 28.6 Å². The predicted molar refractivity (Wildman–Crippen MR) is 203 cm³/mol. The van der Waals surface area contributed by atoms with E-state index in [1.807, 2.05) is 0 Å². The van der Waals surface area contributed by atoms with E-state index in [1.165, 1.54) is 38.5 Å². The summed E-state index contributed by atoms with van der Waals surface area (Å²) in [5.74, 6) is -1.82. The quantitative estimate of drug-likeness (QED) is 0.0293. The maximum absolute atomic E-state index is 12.6. The molecule has 0 radical (unpaired) electrons. The van der Waals surface area contributed by atoms with Crippen LogP contribution in [0.25, 0.3) is 0 Å². The summed E-state index contributed by atoms with van der Waals surface area (Å²) in [4.78, 5) is 36.6. The summed E-state index contributed by atoms with van der Waals surface area (Å²) in [7, 11) is 5.37. The molecule has 0 bridgehead atoms. The lowest BCUT2D eigenvalue weighted by atomic mass is 10.1. The molecule has 0 spiro atoms. The maximum atomic E-state index is 12.6. The minimum Gasteiger partial charge on any atom is -0.544 e. The number of carbonyl (C=O) groups excluding carboxylic acids is 3. The molecule has 0 heterocycles. The normalized spacial score (nSPS) is 13.7. The van der Waals surface area contributed by atoms with Gasteiger partial charge in [0.05, 0.1) is 40.3 Å². The Labute approximate surface area is 305 Å². The van der Waals surface area contributed by atoms with Crippen LogP contribution < -0.4 is 5.11 Å². The Bertz CT molecular complexity index is 1010. The van der Waals surface area contributed by atoms with E-state index >= 15 is 0 Å². The minimum atomic E-state index is -1.14. The van der Waals surface area contributed by atoms with Gasteiger partial charge in [0.15, 0.2) is 6.10 Å². The highest BCUT2D eigenvalue weighted by atomic mass is 16.6. The van der Waals surface area contributed by atoms with Crippen molar-refractivity contribution >= 4 is 17.9 Å². The lowest BCUT2D eigenvalue weighted by Gasteiger charge is -2.34. The third kappa shape index (κ3) is 31.0. The van der Waals surface area contributed by atoms with Gasteiger partial charge in [-0.3, -0.25) is 9.59 Å². The van der Waals surface area contributed by atoms with Crippen LogP contribution in [0.4, 0.5) is 0 Å². The fraction of sp³-hybridized carbons (Fsp3) is 0.690. The average Bonchev–Trinajstić information content (AvgIpc) is 3.06. The molecule has 0 aliphatic heterocycles. The lowest BCUT2D eigenvalue weighted by molar-refractivity contribution is -0.889. The molecule has 0 saturated carbocycles. The van der Waals surface area contributed by atoms with Gasteiger partial charge in [-0.2, -0.15) is 0 Å². The zero-order valence-corrected chi connectivity index (χ0v) is 32.3. The van der Waals surface area contributed by atoms with E-state index in [2.05, 4.69) is 74.6 Å². The molecular formula is C42H71NO7. The van der Waals surface area contributed by atoms with Crippen LogP contribution in [0.15, 0.2) is 60.8 Å². The van der Waals surface area contributed by atoms with Crippen molar-refractivity contribution in [1.82, 2.24) is 0 Å². The number of nitrogens with zero attached hydrogens (tertiary/aromatic N) is 1. The van der Waals surface area contributed by atoms with Crippen molar-refractivity contribution in [3.8, 4) is 0 Å². The second kappa shape index (κ2) is 33.2. The summed E-state index contributed by atoms with van der Waals surface area (Å²) < 4.78 is 17.0. The monoisotopic (exact) mass is 702 g/mol. The number of esters is 2. The molecule has 0 aromatic rings. The van der Waals surface area contributed by atoms with Gasteiger partial charge in [0.2, 0.25) is 0 Å². The molecule has 0 N–H and O–H groups in total. The zero-order valence-electron chi connectivity index (χ0n) is 32.3. The highest BCUT2D eigenvalue weighted by molar-refractivity contribution is 5.70. The molecule has 0 saturated heterocycles. The van der Waals surface area contributed by atoms with E-state index in [0.29, 0.717) is 12.8 Å². The second-order valence-corrected chi connectivity index (χ2v) is 13.8. The van der Waals surface area contributed by atoms with Crippen molar-refractivity contribution in [1.29, 1.82) is 0 Å². The smallest absolute Gasteiger partial charge is 0.306 e. The standard InChI is InChI=1S/C42H71NO7/c1-6-8-10-12-14-16-17-18-19-20-21-22-23-25-26-28-30-32-40(44)49-37-38(36-48-35-34-39(42(46)47)43(3,4)5)50-41(45)33-31-29-27-24-15-13-11-9-7-2/h8,10,14,16,18-19,21-22,25-26,38-39H,6-7,9,11-13,15,17,20,23-24,27-37H2,1-5H3/b10-8+,16-14+,19-18+,22-21+,26-25+. The van der Waals surface area contributed by atoms with Gasteiger partial charge in [0.1, 0.15) is 12.6 Å². The molecule has 0 amide bonds. The first kappa shape index (κ1) is 47.0. The predicted octanol–water partition coefficient (Wildman–Crippen LogP) is 8.52. The van der Waals surface area contributed by atoms with Crippen LogP contribution in [-0.4, -0.2) is 75.5 Å². The zero-order chi connectivity index (χ0) is 37.1. The van der Waals surface area contributed by atoms with Crippen molar-refractivity contribution in [2.75, 3.05) is 41.0 Å². The third-order valence-electron chi connectivity index (χ3n) is 8.17. The van der Waals surface area contributed by atoms with Gasteiger partial charge in [0.25, 0.3) is 0 Å². The number of carboxylic acids is 1. The molecule has 0 fully saturated rings. The van der Waals surface area contributed by atoms with Gasteiger partial charge in [0, 0.05) is 19.3 Å². The Kier molecular flexibility index (Phi) is 31.2. The van der Waals surface area contributed by atoms with Gasteiger partial charge in [-0.25, -0.2) is 0 Å². The molecule has 0 aromatic heterocycles. The average molecular weight is 702 g/mol. The molecule has 50 heavy (non-hydrogen) atoms. The summed E-state index contributed by atoms with van der Waals surface area (Å²) >= 11 is 0. The fourth-order valence-electron chi connectivity index (χ4n) is 5.16. The summed E-state index contributed by atoms with van der Waals surface area (Å²) in [5.41, 5.74) is 0. The van der Waals surface area contributed by atoms with Crippen LogP contribution in [0.1, 0.15) is 136 Å². The van der Waals surface area contributed by atoms with Crippen molar-refractivity contribution in [3.05, 3.63) is 60.8 Å². The maximum Gasteiger partial charge on any atom is 0.306 e. The number of carbonyl (C=O) groups is 3. The Balaban J connectivity index is 4.48. The van der Waals surface area contributed by atoms with E-state index in [9.17, 15) is 19.5 Å². The Morgan fingerprint density at radius 2 is 1.12 bits per heavy atom. The first-order chi connectivity index (χ1) is 24.1. The number of rotatable bonds is 33. The first-order valence-electron chi connectivity index (χ1n) is 19.3. The number of allylic oxidation sites excluding steroid dienone is 10. The van der Waals surface area contributed by atoms with E-state index in [4.69, 9.17) is 14.2 Å². The number of ether oxygens (including phenoxy) is 3. The summed E-state index contributed by atoms with van der Waals surface area (Å²) in [6, 6.07) is -0.733. The van der Waals surface area contributed by atoms with Crippen LogP contribution in [0, 0.1) is 0 Å². The lowest BCUT2D eigenvalue weighted by Crippen LogP contribution is -2.55. The number of hydrogen-bond donors (Lipinski definition) is 0. The van der Waals surface area contributed by atoms with Gasteiger partial charge < -0.3 is 28.6 Å². The van der Waals surface area contributed by atoms with E-state index < -0.39 is 18.1 Å². The summed E-state index contributed by atoms with van der Waals surface area (Å²) in [5, 5.41) is 11.6. The van der Waals surface area contributed by atoms with Crippen LogP contribution in [0.2, 0.25) is 0 Å². The molecule has 286 valence electrons. The molecular weight excluding hydrogens is 630 g/mol. The minimum absolute atomic E-state index is 0.0216. The molecule has 0 rings (SSSR count). The summed E-state index contributed by atoms with van der Waals surface area (Å²) in [6.07, 6.45) is 38.3. The van der Waals surface area contributed by atoms with E-state index in [1.54, 1.807) is 21.1 Å². The molecule has 2 atom stereocenters. The number of carboxylic acid groups (broad SMARTS) is 1. The number of hydrogen-bond acceptors (Lipinski definition) is 7. The van der Waals surface area contributed by atoms with Crippen molar-refractivity contribution < 1.29 is 38.2 Å². The van der Waals surface area contributed by atoms with Crippen LogP contribution in [0.5, 0.6) is 0 Å². The van der Waals surface area contributed by atoms with Gasteiger partial charge in [-0.05, 0) is 51.4 Å². The Morgan fingerprint density at radius 1 is 0.620 bits per heavy atom. The van der Waals surface area contributed by atoms with Crippen molar-refractivity contribution in [2.45, 2.75) is 148 Å². The largest absolute Gasteiger partial charge is 0.544 e. The second-order valence-electron chi connectivity index (χ2n) is 13.8. The number of unbranched alkanes of at least 4 members (excludes halogenated alkanes) is 9. The topological polar surface area (TPSA) is 102 Å². The van der Waals surface area contributed by atoms with Crippen LogP contribution >= 0.6 is 0 Å². The van der Waals surface area contributed by atoms with Gasteiger partial charge >= 0.3 is 11.9 Å². The van der Waals surface area contributed by atoms with Gasteiger partial charge in [-0.1, -0.05) is 126 Å². The molecule has 0 aliphatic rings. The highest BCUT2D eigenvalue weighted by Crippen LogP contribution is 2.12. The van der Waals surface area contributed by atoms with E-state index in [0.717, 1.165) is 57.8 Å². The summed E-state index contributed by atoms with van der Waals surface area (Å²) in [6.45, 7) is 4.44. The molecule has 2 unspecified atom stereocenters. The molecule has 0 aliphatic carbocycles. The Morgan fingerprint density at radius 3 is 1.64 bits per heavy atom. The highest BCUT2D eigenvalue weighted by Gasteiger charge is 2.25. The number of quaternary nitrogens is 1. The van der Waals surface area contributed by atoms with Crippen molar-refractivity contribution in [3.63, 3.8) is 0 Å². The SMILES string of the molecule is CC/C=C/C/C=C/C/C=C/C/C=C/C/C=C/CCCC(=O)OCC(COCCC(C(=O)[O-])[N+](C)(C)C)OC(=O)CCCCCCCCCCC. The number of likely N-dealkylation sites (N-methyl/N-ethyl adjacent to an activating group) is 1. The fourth-order valence-corrected chi connectivity index (χ4v) is 5.16. The van der Waals surface area contributed by atoms with Gasteiger partial charge in [-0.15, -0.1) is 0 Å². The third-order valence-corrected chi connectivity index (χ3v) is 8.17. The Hall–Kier alpha value is -2.97. The van der Waals surface area contributed by atoms with Crippen molar-refractivity contribution in [2.24, 2.45) is 0 Å². The first-order valence-corrected chi connectivity index (χ1v) is 19.3. The molecule has 0 aromatic carbocycles. The number of aliphatic carboxylic acids is 1. The van der Waals surface area contributed by atoms with E-state index in [-0.39, 0.29) is 49.1 Å².